The molecule has 4 bridgehead atoms. The number of pyridine rings is 4. The molecule has 190 valence electrons. The van der Waals surface area contributed by atoms with E-state index in [4.69, 9.17) is 19.9 Å². The normalized spacial score (nSPS) is 26.9. The molecule has 6 aliphatic carbocycles. The van der Waals surface area contributed by atoms with Gasteiger partial charge in [0.05, 0.1) is 22.8 Å². The summed E-state index contributed by atoms with van der Waals surface area (Å²) in [5.41, 5.74) is 12.2. The molecule has 38 heavy (non-hydrogen) atoms. The minimum absolute atomic E-state index is 0.376. The fraction of sp³-hybridized carbons (Fsp3) is 0.412. The Balaban J connectivity index is 1.04. The first-order chi connectivity index (χ1) is 18.3. The molecule has 0 N–H and O–H groups in total. The molecule has 4 aromatic heterocycles. The van der Waals surface area contributed by atoms with E-state index in [0.29, 0.717) is 22.7 Å². The van der Waals surface area contributed by atoms with Gasteiger partial charge in [-0.2, -0.15) is 0 Å². The van der Waals surface area contributed by atoms with Crippen LogP contribution in [0.1, 0.15) is 74.9 Å². The molecule has 0 amide bonds. The van der Waals surface area contributed by atoms with Gasteiger partial charge in [-0.05, 0) is 83.7 Å². The van der Waals surface area contributed by atoms with Crippen molar-refractivity contribution in [3.8, 4) is 33.9 Å². The lowest BCUT2D eigenvalue weighted by molar-refractivity contribution is 0.0155. The molecule has 4 nitrogen and oxygen atoms in total. The van der Waals surface area contributed by atoms with E-state index >= 15 is 0 Å². The first kappa shape index (κ1) is 22.6. The van der Waals surface area contributed by atoms with Gasteiger partial charge in [-0.3, -0.25) is 19.9 Å². The molecular weight excluding hydrogens is 464 g/mol. The van der Waals surface area contributed by atoms with E-state index in [1.54, 1.807) is 0 Å². The summed E-state index contributed by atoms with van der Waals surface area (Å²) >= 11 is 0. The van der Waals surface area contributed by atoms with Crippen LogP contribution in [0, 0.1) is 22.7 Å². The Morgan fingerprint density at radius 1 is 0.553 bits per heavy atom. The Kier molecular flexibility index (Phi) is 4.51. The minimum Gasteiger partial charge on any atom is -0.254 e. The second kappa shape index (κ2) is 7.59. The van der Waals surface area contributed by atoms with E-state index < -0.39 is 0 Å². The van der Waals surface area contributed by atoms with Crippen molar-refractivity contribution in [3.63, 3.8) is 0 Å². The molecule has 0 aromatic carbocycles. The second-order valence-corrected chi connectivity index (χ2v) is 13.4. The van der Waals surface area contributed by atoms with Crippen LogP contribution in [0.2, 0.25) is 0 Å². The van der Waals surface area contributed by atoms with Crippen LogP contribution in [0.25, 0.3) is 33.9 Å². The Labute approximate surface area is 225 Å². The van der Waals surface area contributed by atoms with Gasteiger partial charge in [-0.25, -0.2) is 0 Å². The minimum atomic E-state index is 0.376. The topological polar surface area (TPSA) is 51.6 Å². The molecule has 0 aliphatic heterocycles. The van der Waals surface area contributed by atoms with Crippen LogP contribution in [0.15, 0.2) is 60.9 Å². The van der Waals surface area contributed by atoms with Crippen LogP contribution in [-0.4, -0.2) is 19.9 Å². The molecule has 4 atom stereocenters. The molecule has 2 fully saturated rings. The SMILES string of the molecule is CC1(C)[C@H]2Cc3ccc(-c4ccc(-c5ccc(-c6ccc7c(n6)[C@@H]6C[C@H](C7)C6(C)C)nc5)cn4)nc3[C@@H]1C2. The van der Waals surface area contributed by atoms with Crippen molar-refractivity contribution < 1.29 is 0 Å². The molecule has 4 heterocycles. The number of aromatic nitrogens is 4. The Morgan fingerprint density at radius 2 is 0.974 bits per heavy atom. The van der Waals surface area contributed by atoms with Gasteiger partial charge in [-0.1, -0.05) is 52.0 Å². The molecule has 4 heteroatoms. The molecule has 0 radical (unpaired) electrons. The first-order valence-electron chi connectivity index (χ1n) is 14.2. The van der Waals surface area contributed by atoms with Crippen LogP contribution in [0.5, 0.6) is 0 Å². The molecular formula is C34H34N4. The Bertz CT molecular complexity index is 1460. The molecule has 6 aliphatic rings. The quantitative estimate of drug-likeness (QED) is 0.291. The summed E-state index contributed by atoms with van der Waals surface area (Å²) in [5.74, 6) is 2.79. The van der Waals surface area contributed by atoms with Gasteiger partial charge in [0.15, 0.2) is 0 Å². The van der Waals surface area contributed by atoms with Crippen molar-refractivity contribution in [2.75, 3.05) is 0 Å². The van der Waals surface area contributed by atoms with Gasteiger partial charge in [-0.15, -0.1) is 0 Å². The standard InChI is InChI=1S/C34H34N4/c1-33(2)23-13-19-5-11-29(37-31(19)25(33)15-23)27-9-7-21(17-35-27)22-8-10-28(36-18-22)30-12-6-20-14-24-16-26(32(20)38-30)34(24,3)4/h5-12,17-18,23-26H,13-16H2,1-4H3/t23-,24-,25-,26-/m0/s1. The molecule has 4 aromatic rings. The third kappa shape index (κ3) is 3.09. The van der Waals surface area contributed by atoms with Gasteiger partial charge >= 0.3 is 0 Å². The number of hydrogen-bond donors (Lipinski definition) is 0. The maximum absolute atomic E-state index is 5.11. The van der Waals surface area contributed by atoms with Gasteiger partial charge in [0.1, 0.15) is 0 Å². The van der Waals surface area contributed by atoms with Gasteiger partial charge in [0.2, 0.25) is 0 Å². The second-order valence-electron chi connectivity index (χ2n) is 13.4. The van der Waals surface area contributed by atoms with E-state index in [-0.39, 0.29) is 0 Å². The van der Waals surface area contributed by atoms with Crippen molar-refractivity contribution in [1.29, 1.82) is 0 Å². The van der Waals surface area contributed by atoms with Crippen LogP contribution in [-0.2, 0) is 12.8 Å². The average Bonchev–Trinajstić information content (AvgIpc) is 2.95. The van der Waals surface area contributed by atoms with E-state index in [1.807, 2.05) is 12.4 Å². The van der Waals surface area contributed by atoms with E-state index in [9.17, 15) is 0 Å². The predicted molar refractivity (Wildman–Crippen MR) is 151 cm³/mol. The highest BCUT2D eigenvalue weighted by Gasteiger charge is 2.54. The fourth-order valence-electron chi connectivity index (χ4n) is 7.86. The molecule has 0 unspecified atom stereocenters. The Morgan fingerprint density at radius 3 is 1.34 bits per heavy atom. The average molecular weight is 499 g/mol. The van der Waals surface area contributed by atoms with Crippen molar-refractivity contribution in [2.24, 2.45) is 22.7 Å². The van der Waals surface area contributed by atoms with Crippen molar-refractivity contribution in [2.45, 2.75) is 65.2 Å². The molecule has 0 spiro atoms. The van der Waals surface area contributed by atoms with Gasteiger partial charge in [0, 0.05) is 46.7 Å². The summed E-state index contributed by atoms with van der Waals surface area (Å²) in [6.07, 6.45) is 8.80. The third-order valence-corrected chi connectivity index (χ3v) is 10.9. The number of nitrogens with zero attached hydrogens (tertiary/aromatic N) is 4. The predicted octanol–water partition coefficient (Wildman–Crippen LogP) is 7.64. The van der Waals surface area contributed by atoms with Crippen molar-refractivity contribution >= 4 is 0 Å². The summed E-state index contributed by atoms with van der Waals surface area (Å²) in [4.78, 5) is 19.8. The van der Waals surface area contributed by atoms with Gasteiger partial charge < -0.3 is 0 Å². The number of rotatable bonds is 3. The van der Waals surface area contributed by atoms with Crippen LogP contribution in [0.4, 0.5) is 0 Å². The zero-order valence-electron chi connectivity index (χ0n) is 22.7. The van der Waals surface area contributed by atoms with E-state index in [1.165, 1.54) is 48.2 Å². The lowest BCUT2D eigenvalue weighted by Crippen LogP contribution is -2.48. The number of hydrogen-bond acceptors (Lipinski definition) is 4. The van der Waals surface area contributed by atoms with Crippen LogP contribution < -0.4 is 0 Å². The lowest BCUT2D eigenvalue weighted by atomic mass is 9.48. The Hall–Kier alpha value is -3.40. The highest BCUT2D eigenvalue weighted by Crippen LogP contribution is 2.62. The smallest absolute Gasteiger partial charge is 0.0889 e. The zero-order chi connectivity index (χ0) is 25.8. The zero-order valence-corrected chi connectivity index (χ0v) is 22.7. The van der Waals surface area contributed by atoms with E-state index in [0.717, 1.165) is 45.7 Å². The maximum Gasteiger partial charge on any atom is 0.0889 e. The van der Waals surface area contributed by atoms with E-state index in [2.05, 4.69) is 76.2 Å². The highest BCUT2D eigenvalue weighted by atomic mass is 14.8. The third-order valence-electron chi connectivity index (χ3n) is 10.9. The molecule has 2 saturated carbocycles. The lowest BCUT2D eigenvalue weighted by Gasteiger charge is -2.56. The fourth-order valence-corrected chi connectivity index (χ4v) is 7.86. The summed E-state index contributed by atoms with van der Waals surface area (Å²) in [5, 5.41) is 0. The summed E-state index contributed by atoms with van der Waals surface area (Å²) in [7, 11) is 0. The molecule has 10 rings (SSSR count). The first-order valence-corrected chi connectivity index (χ1v) is 14.2. The highest BCUT2D eigenvalue weighted by molar-refractivity contribution is 5.67. The van der Waals surface area contributed by atoms with Gasteiger partial charge in [0.25, 0.3) is 0 Å². The largest absolute Gasteiger partial charge is 0.254 e. The monoisotopic (exact) mass is 498 g/mol. The van der Waals surface area contributed by atoms with Crippen LogP contribution >= 0.6 is 0 Å². The summed E-state index contributed by atoms with van der Waals surface area (Å²) < 4.78 is 0. The maximum atomic E-state index is 5.11. The van der Waals surface area contributed by atoms with Crippen LogP contribution in [0.3, 0.4) is 0 Å². The molecule has 0 saturated heterocycles. The van der Waals surface area contributed by atoms with Crippen molar-refractivity contribution in [1.82, 2.24) is 19.9 Å². The van der Waals surface area contributed by atoms with Crippen molar-refractivity contribution in [3.05, 3.63) is 83.4 Å². The summed E-state index contributed by atoms with van der Waals surface area (Å²) in [6, 6.07) is 17.3. The summed E-state index contributed by atoms with van der Waals surface area (Å²) in [6.45, 7) is 9.61.